The molecular formula is C20H16Cl2N4O. The Labute approximate surface area is 167 Å². The highest BCUT2D eigenvalue weighted by atomic mass is 35.5. The second kappa shape index (κ2) is 8.74. The number of nitriles is 1. The van der Waals surface area contributed by atoms with E-state index < -0.39 is 6.10 Å². The number of rotatable bonds is 5. The average Bonchev–Trinajstić information content (AvgIpc) is 2.67. The van der Waals surface area contributed by atoms with Gasteiger partial charge in [-0.25, -0.2) is 0 Å². The number of benzene rings is 2. The molecule has 0 saturated heterocycles. The predicted molar refractivity (Wildman–Crippen MR) is 109 cm³/mol. The molecule has 0 fully saturated rings. The van der Waals surface area contributed by atoms with Crippen LogP contribution in [0.1, 0.15) is 11.7 Å². The van der Waals surface area contributed by atoms with Gasteiger partial charge in [-0.05, 0) is 36.4 Å². The van der Waals surface area contributed by atoms with Gasteiger partial charge in [-0.1, -0.05) is 53.6 Å². The molecule has 0 aromatic heterocycles. The Morgan fingerprint density at radius 3 is 2.56 bits per heavy atom. The summed E-state index contributed by atoms with van der Waals surface area (Å²) in [5.74, 6) is 0.439. The number of ether oxygens (including phenoxy) is 1. The van der Waals surface area contributed by atoms with E-state index in [1.807, 2.05) is 24.3 Å². The first-order chi connectivity index (χ1) is 13.1. The average molecular weight is 399 g/mol. The monoisotopic (exact) mass is 398 g/mol. The van der Waals surface area contributed by atoms with Crippen molar-refractivity contribution in [2.75, 3.05) is 5.43 Å². The molecule has 2 unspecified atom stereocenters. The summed E-state index contributed by atoms with van der Waals surface area (Å²) < 4.78 is 5.88. The lowest BCUT2D eigenvalue weighted by Crippen LogP contribution is -2.28. The standard InChI is InChI=1S/C20H16Cl2N4O/c21-14-7-5-13(6-8-14)20(12-23)27-19-10-9-15(22)11-18(19)26-25-17-4-2-1-3-16(17)24/h1-11,16,20,26H,24H2/b25-17-. The molecule has 2 atom stereocenters. The zero-order valence-electron chi connectivity index (χ0n) is 14.1. The van der Waals surface area contributed by atoms with Gasteiger partial charge >= 0.3 is 0 Å². The molecule has 0 heterocycles. The molecule has 7 heteroatoms. The largest absolute Gasteiger partial charge is 0.469 e. The third kappa shape index (κ3) is 4.89. The molecule has 3 rings (SSSR count). The van der Waals surface area contributed by atoms with E-state index >= 15 is 0 Å². The van der Waals surface area contributed by atoms with Crippen LogP contribution in [-0.4, -0.2) is 11.8 Å². The van der Waals surface area contributed by atoms with Crippen molar-refractivity contribution in [1.82, 2.24) is 0 Å². The molecule has 0 bridgehead atoms. The van der Waals surface area contributed by atoms with Crippen molar-refractivity contribution >= 4 is 34.6 Å². The Morgan fingerprint density at radius 2 is 1.85 bits per heavy atom. The van der Waals surface area contributed by atoms with Crippen LogP contribution in [0.3, 0.4) is 0 Å². The number of hydrazone groups is 1. The van der Waals surface area contributed by atoms with Gasteiger partial charge in [0.15, 0.2) is 0 Å². The molecule has 0 saturated carbocycles. The Bertz CT molecular complexity index is 945. The first kappa shape index (κ1) is 19.0. The maximum atomic E-state index is 9.51. The highest BCUT2D eigenvalue weighted by Gasteiger charge is 2.16. The number of nitrogens with one attached hydrogen (secondary N) is 1. The molecule has 1 aliphatic rings. The maximum absolute atomic E-state index is 9.51. The van der Waals surface area contributed by atoms with Crippen LogP contribution in [0, 0.1) is 11.3 Å². The Morgan fingerprint density at radius 1 is 1.11 bits per heavy atom. The smallest absolute Gasteiger partial charge is 0.209 e. The number of nitrogens with two attached hydrogens (primary N) is 1. The summed E-state index contributed by atoms with van der Waals surface area (Å²) in [5.41, 5.74) is 10.8. The van der Waals surface area contributed by atoms with E-state index in [0.717, 1.165) is 0 Å². The Kier molecular flexibility index (Phi) is 6.15. The molecule has 0 amide bonds. The van der Waals surface area contributed by atoms with Crippen molar-refractivity contribution in [2.45, 2.75) is 12.1 Å². The minimum atomic E-state index is -0.809. The van der Waals surface area contributed by atoms with Crippen molar-refractivity contribution < 1.29 is 4.74 Å². The Hall–Kier alpha value is -2.78. The number of halogens is 2. The highest BCUT2D eigenvalue weighted by Crippen LogP contribution is 2.32. The lowest BCUT2D eigenvalue weighted by atomic mass is 10.1. The highest BCUT2D eigenvalue weighted by molar-refractivity contribution is 6.31. The minimum absolute atomic E-state index is 0.299. The second-order valence-electron chi connectivity index (χ2n) is 5.74. The molecule has 1 aliphatic carbocycles. The number of allylic oxidation sites excluding steroid dienone is 2. The summed E-state index contributed by atoms with van der Waals surface area (Å²) in [6, 6.07) is 13.8. The summed E-state index contributed by atoms with van der Waals surface area (Å²) in [4.78, 5) is 0. The van der Waals surface area contributed by atoms with Gasteiger partial charge in [0, 0.05) is 15.6 Å². The second-order valence-corrected chi connectivity index (χ2v) is 6.61. The van der Waals surface area contributed by atoms with Crippen LogP contribution in [0.25, 0.3) is 0 Å². The molecule has 3 N–H and O–H groups in total. The zero-order valence-corrected chi connectivity index (χ0v) is 15.7. The lowest BCUT2D eigenvalue weighted by molar-refractivity contribution is 0.264. The molecular weight excluding hydrogens is 383 g/mol. The summed E-state index contributed by atoms with van der Waals surface area (Å²) in [5, 5.41) is 14.9. The van der Waals surface area contributed by atoms with E-state index in [2.05, 4.69) is 16.6 Å². The maximum Gasteiger partial charge on any atom is 0.209 e. The van der Waals surface area contributed by atoms with Gasteiger partial charge in [0.1, 0.15) is 11.8 Å². The predicted octanol–water partition coefficient (Wildman–Crippen LogP) is 4.86. The van der Waals surface area contributed by atoms with Crippen molar-refractivity contribution in [3.05, 3.63) is 82.4 Å². The fourth-order valence-corrected chi connectivity index (χ4v) is 2.71. The number of hydrogen-bond acceptors (Lipinski definition) is 5. The lowest BCUT2D eigenvalue weighted by Gasteiger charge is -2.17. The summed E-state index contributed by atoms with van der Waals surface area (Å²) in [7, 11) is 0. The zero-order chi connectivity index (χ0) is 19.2. The number of anilines is 1. The van der Waals surface area contributed by atoms with E-state index in [-0.39, 0.29) is 6.04 Å². The van der Waals surface area contributed by atoms with Crippen LogP contribution < -0.4 is 15.9 Å². The molecule has 0 spiro atoms. The molecule has 0 aliphatic heterocycles. The molecule has 2 aromatic rings. The van der Waals surface area contributed by atoms with Gasteiger partial charge in [0.05, 0.1) is 17.4 Å². The fraction of sp³-hybridized carbons (Fsp3) is 0.100. The van der Waals surface area contributed by atoms with E-state index in [1.165, 1.54) is 0 Å². The van der Waals surface area contributed by atoms with Gasteiger partial charge in [-0.2, -0.15) is 10.4 Å². The van der Waals surface area contributed by atoms with Gasteiger partial charge in [0.2, 0.25) is 6.10 Å². The van der Waals surface area contributed by atoms with Crippen LogP contribution in [0.5, 0.6) is 5.75 Å². The fourth-order valence-electron chi connectivity index (χ4n) is 2.41. The van der Waals surface area contributed by atoms with Crippen molar-refractivity contribution in [3.8, 4) is 11.8 Å². The molecule has 5 nitrogen and oxygen atoms in total. The van der Waals surface area contributed by atoms with E-state index in [9.17, 15) is 5.26 Å². The van der Waals surface area contributed by atoms with Gasteiger partial charge in [0.25, 0.3) is 0 Å². The Balaban J connectivity index is 1.84. The number of hydrogen-bond donors (Lipinski definition) is 2. The van der Waals surface area contributed by atoms with Crippen molar-refractivity contribution in [1.29, 1.82) is 5.26 Å². The third-order valence-electron chi connectivity index (χ3n) is 3.82. The van der Waals surface area contributed by atoms with Crippen LogP contribution in [0.4, 0.5) is 5.69 Å². The normalized spacial score (nSPS) is 18.1. The molecule has 27 heavy (non-hydrogen) atoms. The topological polar surface area (TPSA) is 83.4 Å². The molecule has 2 aromatic carbocycles. The van der Waals surface area contributed by atoms with Crippen molar-refractivity contribution in [2.24, 2.45) is 10.8 Å². The number of nitrogens with zero attached hydrogens (tertiary/aromatic N) is 2. The SMILES string of the molecule is N#CC(Oc1ccc(Cl)cc1N/N=C1/C=CC=CC1N)c1ccc(Cl)cc1. The minimum Gasteiger partial charge on any atom is -0.469 e. The van der Waals surface area contributed by atoms with Gasteiger partial charge in [-0.15, -0.1) is 0 Å². The first-order valence-corrected chi connectivity index (χ1v) is 8.88. The van der Waals surface area contributed by atoms with Crippen LogP contribution in [0.15, 0.2) is 71.9 Å². The van der Waals surface area contributed by atoms with Crippen LogP contribution in [0.2, 0.25) is 10.0 Å². The van der Waals surface area contributed by atoms with Crippen LogP contribution >= 0.6 is 23.2 Å². The van der Waals surface area contributed by atoms with E-state index in [0.29, 0.717) is 32.8 Å². The molecule has 0 radical (unpaired) electrons. The summed E-state index contributed by atoms with van der Waals surface area (Å²) >= 11 is 12.0. The van der Waals surface area contributed by atoms with Crippen molar-refractivity contribution in [3.63, 3.8) is 0 Å². The molecule has 136 valence electrons. The third-order valence-corrected chi connectivity index (χ3v) is 4.31. The quantitative estimate of drug-likeness (QED) is 0.704. The van der Waals surface area contributed by atoms with Gasteiger partial charge < -0.3 is 10.5 Å². The first-order valence-electron chi connectivity index (χ1n) is 8.12. The van der Waals surface area contributed by atoms with E-state index in [4.69, 9.17) is 33.7 Å². The summed E-state index contributed by atoms with van der Waals surface area (Å²) in [6.07, 6.45) is 6.56. The van der Waals surface area contributed by atoms with Crippen LogP contribution in [-0.2, 0) is 0 Å². The summed E-state index contributed by atoms with van der Waals surface area (Å²) in [6.45, 7) is 0. The van der Waals surface area contributed by atoms with Gasteiger partial charge in [-0.3, -0.25) is 5.43 Å². The van der Waals surface area contributed by atoms with E-state index in [1.54, 1.807) is 42.5 Å².